The molecule has 5 heteroatoms. The lowest BCUT2D eigenvalue weighted by Gasteiger charge is -2.30. The standard InChI is InChI=1S/C13H19N5/c1-9-7-11-12(15-8-9)18(13(14)16-11)10-3-5-17(2)6-4-10/h7-8,10H,3-6H2,1-2H3,(H2,14,16). The monoisotopic (exact) mass is 245 g/mol. The maximum Gasteiger partial charge on any atom is 0.202 e. The first-order valence-corrected chi connectivity index (χ1v) is 6.44. The van der Waals surface area contributed by atoms with E-state index in [0.29, 0.717) is 12.0 Å². The second-order valence-corrected chi connectivity index (χ2v) is 5.23. The van der Waals surface area contributed by atoms with Crippen molar-refractivity contribution in [2.75, 3.05) is 25.9 Å². The molecule has 1 fully saturated rings. The number of imidazole rings is 1. The number of pyridine rings is 1. The Hall–Kier alpha value is -1.62. The van der Waals surface area contributed by atoms with Gasteiger partial charge in [-0.3, -0.25) is 4.57 Å². The highest BCUT2D eigenvalue weighted by atomic mass is 15.2. The molecule has 5 nitrogen and oxygen atoms in total. The Labute approximate surface area is 107 Å². The molecule has 96 valence electrons. The molecule has 1 aliphatic heterocycles. The molecule has 1 saturated heterocycles. The van der Waals surface area contributed by atoms with Crippen LogP contribution in [0.1, 0.15) is 24.4 Å². The zero-order valence-electron chi connectivity index (χ0n) is 10.9. The second kappa shape index (κ2) is 4.24. The van der Waals surface area contributed by atoms with Crippen molar-refractivity contribution >= 4 is 17.1 Å². The lowest BCUT2D eigenvalue weighted by atomic mass is 10.1. The maximum absolute atomic E-state index is 6.07. The van der Waals surface area contributed by atoms with Gasteiger partial charge in [0.1, 0.15) is 5.52 Å². The number of nitrogens with zero attached hydrogens (tertiary/aromatic N) is 4. The molecule has 0 radical (unpaired) electrons. The molecule has 0 aliphatic carbocycles. The first-order chi connectivity index (χ1) is 8.65. The van der Waals surface area contributed by atoms with Crippen LogP contribution >= 0.6 is 0 Å². The van der Waals surface area contributed by atoms with Crippen LogP contribution in [0.15, 0.2) is 12.3 Å². The zero-order chi connectivity index (χ0) is 12.7. The van der Waals surface area contributed by atoms with Crippen LogP contribution in [0.5, 0.6) is 0 Å². The molecule has 2 aromatic heterocycles. The van der Waals surface area contributed by atoms with Crippen LogP contribution in [0.3, 0.4) is 0 Å². The molecule has 3 rings (SSSR count). The fourth-order valence-corrected chi connectivity index (χ4v) is 2.71. The van der Waals surface area contributed by atoms with Crippen LogP contribution < -0.4 is 5.73 Å². The first kappa shape index (κ1) is 11.5. The minimum atomic E-state index is 0.432. The first-order valence-electron chi connectivity index (χ1n) is 6.44. The highest BCUT2D eigenvalue weighted by Crippen LogP contribution is 2.28. The zero-order valence-corrected chi connectivity index (χ0v) is 10.9. The second-order valence-electron chi connectivity index (χ2n) is 5.23. The molecule has 0 atom stereocenters. The molecule has 0 saturated carbocycles. The van der Waals surface area contributed by atoms with E-state index in [1.54, 1.807) is 0 Å². The number of likely N-dealkylation sites (tertiary alicyclic amines) is 1. The molecule has 0 amide bonds. The lowest BCUT2D eigenvalue weighted by Crippen LogP contribution is -2.31. The molecule has 2 aromatic rings. The average Bonchev–Trinajstić information content (AvgIpc) is 2.65. The van der Waals surface area contributed by atoms with Gasteiger partial charge in [0, 0.05) is 12.2 Å². The van der Waals surface area contributed by atoms with E-state index in [0.717, 1.165) is 42.7 Å². The third-order valence-corrected chi connectivity index (χ3v) is 3.75. The molecule has 0 spiro atoms. The van der Waals surface area contributed by atoms with E-state index in [2.05, 4.69) is 26.5 Å². The Morgan fingerprint density at radius 3 is 2.78 bits per heavy atom. The van der Waals surface area contributed by atoms with Crippen molar-refractivity contribution < 1.29 is 0 Å². The van der Waals surface area contributed by atoms with Gasteiger partial charge in [0.2, 0.25) is 5.95 Å². The van der Waals surface area contributed by atoms with Crippen LogP contribution in [-0.2, 0) is 0 Å². The maximum atomic E-state index is 6.07. The van der Waals surface area contributed by atoms with Crippen molar-refractivity contribution in [1.82, 2.24) is 19.4 Å². The van der Waals surface area contributed by atoms with Crippen molar-refractivity contribution in [3.05, 3.63) is 17.8 Å². The third kappa shape index (κ3) is 1.84. The molecule has 0 bridgehead atoms. The van der Waals surface area contributed by atoms with Crippen LogP contribution in [0.25, 0.3) is 11.2 Å². The Bertz CT molecular complexity index is 566. The number of rotatable bonds is 1. The molecule has 2 N–H and O–H groups in total. The fourth-order valence-electron chi connectivity index (χ4n) is 2.71. The average molecular weight is 245 g/mol. The number of aromatic nitrogens is 3. The lowest BCUT2D eigenvalue weighted by molar-refractivity contribution is 0.224. The summed E-state index contributed by atoms with van der Waals surface area (Å²) >= 11 is 0. The van der Waals surface area contributed by atoms with E-state index in [-0.39, 0.29) is 0 Å². The topological polar surface area (TPSA) is 60.0 Å². The molecule has 0 unspecified atom stereocenters. The van der Waals surface area contributed by atoms with Gasteiger partial charge in [-0.2, -0.15) is 0 Å². The smallest absolute Gasteiger partial charge is 0.202 e. The summed E-state index contributed by atoms with van der Waals surface area (Å²) in [7, 11) is 2.16. The van der Waals surface area contributed by atoms with Crippen LogP contribution in [0.2, 0.25) is 0 Å². The van der Waals surface area contributed by atoms with E-state index >= 15 is 0 Å². The largest absolute Gasteiger partial charge is 0.369 e. The molecular weight excluding hydrogens is 226 g/mol. The number of aryl methyl sites for hydroxylation is 1. The number of nitrogen functional groups attached to an aromatic ring is 1. The van der Waals surface area contributed by atoms with Gasteiger partial charge in [-0.05, 0) is 51.5 Å². The van der Waals surface area contributed by atoms with Gasteiger partial charge >= 0.3 is 0 Å². The Kier molecular flexibility index (Phi) is 2.70. The summed E-state index contributed by atoms with van der Waals surface area (Å²) in [6.07, 6.45) is 4.11. The molecule has 1 aliphatic rings. The summed E-state index contributed by atoms with van der Waals surface area (Å²) in [5.74, 6) is 0.595. The molecule has 3 heterocycles. The summed E-state index contributed by atoms with van der Waals surface area (Å²) in [5.41, 5.74) is 9.02. The normalized spacial score (nSPS) is 18.6. The molecule has 18 heavy (non-hydrogen) atoms. The van der Waals surface area contributed by atoms with Gasteiger partial charge in [0.15, 0.2) is 5.65 Å². The van der Waals surface area contributed by atoms with Gasteiger partial charge in [-0.25, -0.2) is 9.97 Å². The van der Waals surface area contributed by atoms with Gasteiger partial charge in [-0.1, -0.05) is 0 Å². The van der Waals surface area contributed by atoms with Gasteiger partial charge in [-0.15, -0.1) is 0 Å². The molecule has 0 aromatic carbocycles. The SMILES string of the molecule is Cc1cnc2c(c1)nc(N)n2C1CCN(C)CC1. The molecular formula is C13H19N5. The van der Waals surface area contributed by atoms with Crippen molar-refractivity contribution in [3.63, 3.8) is 0 Å². The summed E-state index contributed by atoms with van der Waals surface area (Å²) in [5, 5.41) is 0. The van der Waals surface area contributed by atoms with Gasteiger partial charge < -0.3 is 10.6 Å². The highest BCUT2D eigenvalue weighted by Gasteiger charge is 2.22. The highest BCUT2D eigenvalue weighted by molar-refractivity contribution is 5.74. The van der Waals surface area contributed by atoms with Crippen molar-refractivity contribution in [2.24, 2.45) is 0 Å². The van der Waals surface area contributed by atoms with E-state index in [1.165, 1.54) is 0 Å². The number of piperidine rings is 1. The van der Waals surface area contributed by atoms with Gasteiger partial charge in [0.05, 0.1) is 0 Å². The van der Waals surface area contributed by atoms with E-state index in [1.807, 2.05) is 19.2 Å². The van der Waals surface area contributed by atoms with Crippen molar-refractivity contribution in [2.45, 2.75) is 25.8 Å². The summed E-state index contributed by atoms with van der Waals surface area (Å²) < 4.78 is 2.11. The predicted octanol–water partition coefficient (Wildman–Crippen LogP) is 1.59. The van der Waals surface area contributed by atoms with Crippen LogP contribution in [0.4, 0.5) is 5.95 Å². The Morgan fingerprint density at radius 1 is 1.33 bits per heavy atom. The number of hydrogen-bond donors (Lipinski definition) is 1. The quantitative estimate of drug-likeness (QED) is 0.829. The Morgan fingerprint density at radius 2 is 2.06 bits per heavy atom. The van der Waals surface area contributed by atoms with Gasteiger partial charge in [0.25, 0.3) is 0 Å². The number of anilines is 1. The minimum absolute atomic E-state index is 0.432. The third-order valence-electron chi connectivity index (χ3n) is 3.75. The number of fused-ring (bicyclic) bond motifs is 1. The van der Waals surface area contributed by atoms with Crippen molar-refractivity contribution in [1.29, 1.82) is 0 Å². The van der Waals surface area contributed by atoms with E-state index < -0.39 is 0 Å². The van der Waals surface area contributed by atoms with Crippen LogP contribution in [0, 0.1) is 6.92 Å². The van der Waals surface area contributed by atoms with Crippen LogP contribution in [-0.4, -0.2) is 39.6 Å². The fraction of sp³-hybridized carbons (Fsp3) is 0.538. The van der Waals surface area contributed by atoms with Crippen molar-refractivity contribution in [3.8, 4) is 0 Å². The Balaban J connectivity index is 2.03. The number of hydrogen-bond acceptors (Lipinski definition) is 4. The minimum Gasteiger partial charge on any atom is -0.369 e. The summed E-state index contributed by atoms with van der Waals surface area (Å²) in [4.78, 5) is 11.3. The predicted molar refractivity (Wildman–Crippen MR) is 72.4 cm³/mol. The summed E-state index contributed by atoms with van der Waals surface area (Å²) in [6, 6.07) is 2.48. The van der Waals surface area contributed by atoms with E-state index in [4.69, 9.17) is 5.73 Å². The van der Waals surface area contributed by atoms with E-state index in [9.17, 15) is 0 Å². The number of nitrogens with two attached hydrogens (primary N) is 1. The summed E-state index contributed by atoms with van der Waals surface area (Å²) in [6.45, 7) is 4.24.